The van der Waals surface area contributed by atoms with Crippen molar-refractivity contribution in [2.24, 2.45) is 5.92 Å². The Kier molecular flexibility index (Phi) is 7.21. The number of carbonyl (C=O) groups is 1. The summed E-state index contributed by atoms with van der Waals surface area (Å²) >= 11 is 6.41. The van der Waals surface area contributed by atoms with Crippen LogP contribution in [-0.2, 0) is 17.9 Å². The fourth-order valence-electron chi connectivity index (χ4n) is 5.06. The number of alkyl halides is 3. The van der Waals surface area contributed by atoms with Gasteiger partial charge < -0.3 is 15.5 Å². The van der Waals surface area contributed by atoms with Crippen LogP contribution in [0.2, 0.25) is 5.02 Å². The predicted octanol–water partition coefficient (Wildman–Crippen LogP) is 5.71. The van der Waals surface area contributed by atoms with Gasteiger partial charge >= 0.3 is 12.1 Å². The number of amides is 1. The number of nitrogens with zero attached hydrogens (tertiary/aromatic N) is 3. The number of anilines is 2. The largest absolute Gasteiger partial charge is 0.471 e. The number of benzene rings is 1. The molecule has 1 aromatic heterocycles. The van der Waals surface area contributed by atoms with E-state index in [2.05, 4.69) is 4.98 Å². The van der Waals surface area contributed by atoms with Crippen molar-refractivity contribution in [1.29, 1.82) is 0 Å². The summed E-state index contributed by atoms with van der Waals surface area (Å²) in [6.45, 7) is -0.156. The molecule has 1 aromatic carbocycles. The number of fused-ring (bicyclic) bond motifs is 1. The van der Waals surface area contributed by atoms with E-state index >= 15 is 0 Å². The second kappa shape index (κ2) is 9.98. The Morgan fingerprint density at radius 1 is 1.21 bits per heavy atom. The van der Waals surface area contributed by atoms with E-state index in [0.717, 1.165) is 43.2 Å². The molecular weight excluding hydrogens is 472 g/mol. The molecule has 1 aliphatic carbocycles. The maximum absolute atomic E-state index is 13.7. The first-order chi connectivity index (χ1) is 16.1. The SMILES string of the molecule is Nc1cc(CN2c3cccc(Cl)c3CN(C(=O)C(F)(F)F)CC2CCC2CCCC2)ncc1F. The third-order valence-electron chi connectivity index (χ3n) is 6.81. The van der Waals surface area contributed by atoms with Gasteiger partial charge in [-0.3, -0.25) is 9.78 Å². The summed E-state index contributed by atoms with van der Waals surface area (Å²) in [7, 11) is 0. The van der Waals surface area contributed by atoms with Crippen LogP contribution in [0.1, 0.15) is 49.8 Å². The molecule has 34 heavy (non-hydrogen) atoms. The normalized spacial score (nSPS) is 19.3. The van der Waals surface area contributed by atoms with Gasteiger partial charge in [-0.1, -0.05) is 43.4 Å². The summed E-state index contributed by atoms with van der Waals surface area (Å²) in [6, 6.07) is 6.15. The summed E-state index contributed by atoms with van der Waals surface area (Å²) < 4.78 is 54.0. The molecule has 0 spiro atoms. The van der Waals surface area contributed by atoms with Crippen LogP contribution in [0, 0.1) is 11.7 Å². The summed E-state index contributed by atoms with van der Waals surface area (Å²) in [5, 5.41) is 0.283. The van der Waals surface area contributed by atoms with Crippen LogP contribution in [0.5, 0.6) is 0 Å². The molecule has 2 heterocycles. The minimum absolute atomic E-state index is 0.0532. The van der Waals surface area contributed by atoms with E-state index in [4.69, 9.17) is 17.3 Å². The molecule has 2 N–H and O–H groups in total. The van der Waals surface area contributed by atoms with Gasteiger partial charge in [0.2, 0.25) is 0 Å². The summed E-state index contributed by atoms with van der Waals surface area (Å²) in [5.41, 5.74) is 7.24. The number of rotatable bonds is 5. The number of halogens is 5. The number of carbonyl (C=O) groups excluding carboxylic acids is 1. The van der Waals surface area contributed by atoms with E-state index in [1.807, 2.05) is 4.90 Å². The molecule has 2 aromatic rings. The number of aromatic nitrogens is 1. The van der Waals surface area contributed by atoms with Crippen LogP contribution in [0.4, 0.5) is 28.9 Å². The fourth-order valence-corrected chi connectivity index (χ4v) is 5.29. The highest BCUT2D eigenvalue weighted by Gasteiger charge is 2.45. The Morgan fingerprint density at radius 3 is 2.62 bits per heavy atom. The molecule has 10 heteroatoms. The van der Waals surface area contributed by atoms with Crippen LogP contribution in [0.25, 0.3) is 0 Å². The van der Waals surface area contributed by atoms with Crippen molar-refractivity contribution in [3.8, 4) is 0 Å². The highest BCUT2D eigenvalue weighted by molar-refractivity contribution is 6.31. The molecule has 0 saturated heterocycles. The standard InChI is InChI=1S/C24H27ClF4N4O/c25-19-6-3-7-22-18(19)14-32(23(34)24(27,28)29)13-17(9-8-15-4-1-2-5-15)33(22)12-16-10-21(30)20(26)11-31-16/h3,6-7,10-11,15,17H,1-2,4-5,8-9,12-14H2,(H2,30,31). The average Bonchev–Trinajstić information content (AvgIpc) is 3.25. The molecule has 1 aliphatic heterocycles. The quantitative estimate of drug-likeness (QED) is 0.537. The molecule has 1 fully saturated rings. The van der Waals surface area contributed by atoms with E-state index < -0.39 is 23.9 Å². The van der Waals surface area contributed by atoms with Crippen LogP contribution in [0.15, 0.2) is 30.5 Å². The number of hydrogen-bond donors (Lipinski definition) is 1. The first-order valence-corrected chi connectivity index (χ1v) is 11.8. The van der Waals surface area contributed by atoms with Gasteiger partial charge in [-0.15, -0.1) is 0 Å². The minimum atomic E-state index is -4.99. The highest BCUT2D eigenvalue weighted by Crippen LogP contribution is 2.38. The van der Waals surface area contributed by atoms with Gasteiger partial charge in [0.1, 0.15) is 0 Å². The van der Waals surface area contributed by atoms with E-state index in [1.165, 1.54) is 6.07 Å². The van der Waals surface area contributed by atoms with Crippen molar-refractivity contribution >= 4 is 28.9 Å². The van der Waals surface area contributed by atoms with Crippen LogP contribution >= 0.6 is 11.6 Å². The molecule has 4 rings (SSSR count). The molecule has 1 amide bonds. The second-order valence-electron chi connectivity index (χ2n) is 9.13. The predicted molar refractivity (Wildman–Crippen MR) is 123 cm³/mol. The average molecular weight is 499 g/mol. The lowest BCUT2D eigenvalue weighted by molar-refractivity contribution is -0.186. The molecule has 0 bridgehead atoms. The number of nitrogen functional groups attached to an aromatic ring is 1. The first-order valence-electron chi connectivity index (χ1n) is 11.4. The minimum Gasteiger partial charge on any atom is -0.396 e. The Bertz CT molecular complexity index is 1040. The highest BCUT2D eigenvalue weighted by atomic mass is 35.5. The Balaban J connectivity index is 1.73. The van der Waals surface area contributed by atoms with E-state index in [1.54, 1.807) is 18.2 Å². The fraction of sp³-hybridized carbons (Fsp3) is 0.500. The monoisotopic (exact) mass is 498 g/mol. The van der Waals surface area contributed by atoms with Gasteiger partial charge in [0.25, 0.3) is 0 Å². The van der Waals surface area contributed by atoms with Gasteiger partial charge in [0, 0.05) is 35.4 Å². The lowest BCUT2D eigenvalue weighted by Gasteiger charge is -2.35. The zero-order valence-electron chi connectivity index (χ0n) is 18.6. The smallest absolute Gasteiger partial charge is 0.396 e. The topological polar surface area (TPSA) is 62.5 Å². The van der Waals surface area contributed by atoms with Gasteiger partial charge in [-0.25, -0.2) is 4.39 Å². The molecule has 184 valence electrons. The zero-order valence-corrected chi connectivity index (χ0v) is 19.4. The Morgan fingerprint density at radius 2 is 1.94 bits per heavy atom. The van der Waals surface area contributed by atoms with Crippen molar-refractivity contribution < 1.29 is 22.4 Å². The van der Waals surface area contributed by atoms with Crippen molar-refractivity contribution in [2.45, 2.75) is 63.8 Å². The van der Waals surface area contributed by atoms with Crippen LogP contribution < -0.4 is 10.6 Å². The van der Waals surface area contributed by atoms with Crippen molar-refractivity contribution in [2.75, 3.05) is 17.2 Å². The molecule has 0 radical (unpaired) electrons. The van der Waals surface area contributed by atoms with Crippen LogP contribution in [-0.4, -0.2) is 34.6 Å². The Hall–Kier alpha value is -2.55. The van der Waals surface area contributed by atoms with Crippen molar-refractivity contribution in [1.82, 2.24) is 9.88 Å². The van der Waals surface area contributed by atoms with Crippen molar-refractivity contribution in [3.05, 3.63) is 52.6 Å². The number of hydrogen-bond acceptors (Lipinski definition) is 4. The van der Waals surface area contributed by atoms with Gasteiger partial charge in [0.15, 0.2) is 5.82 Å². The third-order valence-corrected chi connectivity index (χ3v) is 7.17. The molecule has 1 unspecified atom stereocenters. The summed E-state index contributed by atoms with van der Waals surface area (Å²) in [4.78, 5) is 19.2. The maximum Gasteiger partial charge on any atom is 0.471 e. The molecule has 1 saturated carbocycles. The number of pyridine rings is 1. The van der Waals surface area contributed by atoms with E-state index in [0.29, 0.717) is 29.3 Å². The lowest BCUT2D eigenvalue weighted by Crippen LogP contribution is -2.47. The van der Waals surface area contributed by atoms with Crippen LogP contribution in [0.3, 0.4) is 0 Å². The molecule has 2 aliphatic rings. The van der Waals surface area contributed by atoms with Gasteiger partial charge in [0.05, 0.1) is 24.1 Å². The summed E-state index contributed by atoms with van der Waals surface area (Å²) in [5.74, 6) is -1.99. The lowest BCUT2D eigenvalue weighted by atomic mass is 9.97. The Labute approximate surface area is 200 Å². The first kappa shape index (κ1) is 24.6. The third kappa shape index (κ3) is 5.40. The van der Waals surface area contributed by atoms with Gasteiger partial charge in [-0.05, 0) is 37.0 Å². The maximum atomic E-state index is 13.7. The zero-order chi connectivity index (χ0) is 24.5. The number of nitrogens with two attached hydrogens (primary N) is 1. The second-order valence-corrected chi connectivity index (χ2v) is 9.53. The van der Waals surface area contributed by atoms with E-state index in [9.17, 15) is 22.4 Å². The summed E-state index contributed by atoms with van der Waals surface area (Å²) in [6.07, 6.45) is 2.05. The van der Waals surface area contributed by atoms with Gasteiger partial charge in [-0.2, -0.15) is 13.2 Å². The molecule has 1 atom stereocenters. The molecule has 5 nitrogen and oxygen atoms in total. The molecular formula is C24H27ClF4N4O. The van der Waals surface area contributed by atoms with Crippen molar-refractivity contribution in [3.63, 3.8) is 0 Å². The van der Waals surface area contributed by atoms with E-state index in [-0.39, 0.29) is 30.3 Å².